The Labute approximate surface area is 138 Å². The average Bonchev–Trinajstić information content (AvgIpc) is 2.90. The first-order valence-corrected chi connectivity index (χ1v) is 8.72. The number of fused-ring (bicyclic) bond motifs is 1. The number of nitrogens with zero attached hydrogens (tertiary/aromatic N) is 4. The van der Waals surface area contributed by atoms with Gasteiger partial charge in [-0.3, -0.25) is 0 Å². The van der Waals surface area contributed by atoms with Crippen molar-refractivity contribution in [2.45, 2.75) is 45.7 Å². The van der Waals surface area contributed by atoms with Crippen LogP contribution in [0.4, 0.5) is 0 Å². The first-order valence-electron chi connectivity index (χ1n) is 8.72. The lowest BCUT2D eigenvalue weighted by atomic mass is 9.92. The molecule has 1 aliphatic heterocycles. The number of methoxy groups -OCH3 is 1. The molecule has 3 rings (SSSR count). The number of piperidine rings is 1. The van der Waals surface area contributed by atoms with Gasteiger partial charge in [0.25, 0.3) is 0 Å². The third-order valence-electron chi connectivity index (χ3n) is 4.95. The van der Waals surface area contributed by atoms with Crippen molar-refractivity contribution in [3.8, 4) is 0 Å². The summed E-state index contributed by atoms with van der Waals surface area (Å²) in [5.41, 5.74) is 1.98. The smallest absolute Gasteiger partial charge is 0.160 e. The Morgan fingerprint density at radius 2 is 2.09 bits per heavy atom. The lowest BCUT2D eigenvalue weighted by Gasteiger charge is -2.34. The summed E-state index contributed by atoms with van der Waals surface area (Å²) in [5, 5.41) is 0. The van der Waals surface area contributed by atoms with Gasteiger partial charge in [-0.15, -0.1) is 0 Å². The van der Waals surface area contributed by atoms with Gasteiger partial charge < -0.3 is 14.2 Å². The highest BCUT2D eigenvalue weighted by Crippen LogP contribution is 2.24. The Morgan fingerprint density at radius 3 is 2.78 bits per heavy atom. The summed E-state index contributed by atoms with van der Waals surface area (Å²) >= 11 is 0. The zero-order chi connectivity index (χ0) is 16.2. The minimum atomic E-state index is 0.659. The third kappa shape index (κ3) is 3.72. The van der Waals surface area contributed by atoms with Crippen LogP contribution in [-0.4, -0.2) is 52.3 Å². The summed E-state index contributed by atoms with van der Waals surface area (Å²) in [7, 11) is 1.74. The number of ether oxygens (including phenoxy) is 1. The van der Waals surface area contributed by atoms with Gasteiger partial charge in [-0.2, -0.15) is 0 Å². The Bertz CT molecular complexity index is 629. The molecule has 2 aromatic rings. The molecule has 5 nitrogen and oxygen atoms in total. The molecule has 0 bridgehead atoms. The predicted molar refractivity (Wildman–Crippen MR) is 92.5 cm³/mol. The van der Waals surface area contributed by atoms with Crippen molar-refractivity contribution in [3.63, 3.8) is 0 Å². The van der Waals surface area contributed by atoms with Crippen molar-refractivity contribution in [2.75, 3.05) is 26.8 Å². The topological polar surface area (TPSA) is 43.2 Å². The van der Waals surface area contributed by atoms with Crippen molar-refractivity contribution in [1.82, 2.24) is 19.4 Å². The molecule has 0 spiro atoms. The number of hydrogen-bond acceptors (Lipinski definition) is 4. The molecule has 2 aromatic heterocycles. The fraction of sp³-hybridized carbons (Fsp3) is 0.667. The molecule has 0 radical (unpaired) electrons. The maximum absolute atomic E-state index is 5.27. The molecule has 1 fully saturated rings. The normalized spacial score (nSPS) is 17.4. The number of likely N-dealkylation sites (tertiary alicyclic amines) is 1. The Kier molecular flexibility index (Phi) is 5.28. The monoisotopic (exact) mass is 316 g/mol. The lowest BCUT2D eigenvalue weighted by molar-refractivity contribution is 0.147. The van der Waals surface area contributed by atoms with E-state index in [2.05, 4.69) is 34.4 Å². The van der Waals surface area contributed by atoms with E-state index in [1.807, 2.05) is 12.3 Å². The molecule has 1 aliphatic rings. The van der Waals surface area contributed by atoms with Gasteiger partial charge in [-0.1, -0.05) is 0 Å². The van der Waals surface area contributed by atoms with Crippen LogP contribution >= 0.6 is 0 Å². The zero-order valence-corrected chi connectivity index (χ0v) is 14.5. The van der Waals surface area contributed by atoms with E-state index in [-0.39, 0.29) is 0 Å². The highest BCUT2D eigenvalue weighted by molar-refractivity contribution is 5.71. The van der Waals surface area contributed by atoms with Crippen molar-refractivity contribution in [1.29, 1.82) is 0 Å². The van der Waals surface area contributed by atoms with E-state index in [0.29, 0.717) is 12.6 Å². The summed E-state index contributed by atoms with van der Waals surface area (Å²) in [6.45, 7) is 8.51. The molecule has 1 saturated heterocycles. The highest BCUT2D eigenvalue weighted by Gasteiger charge is 2.23. The summed E-state index contributed by atoms with van der Waals surface area (Å²) < 4.78 is 7.51. The molecule has 23 heavy (non-hydrogen) atoms. The third-order valence-corrected chi connectivity index (χ3v) is 4.95. The Balaban J connectivity index is 1.74. The van der Waals surface area contributed by atoms with E-state index < -0.39 is 0 Å². The van der Waals surface area contributed by atoms with Crippen LogP contribution in [0.2, 0.25) is 0 Å². The van der Waals surface area contributed by atoms with Crippen LogP contribution in [0.1, 0.15) is 32.5 Å². The fourth-order valence-corrected chi connectivity index (χ4v) is 3.51. The van der Waals surface area contributed by atoms with E-state index in [1.54, 1.807) is 7.11 Å². The fourth-order valence-electron chi connectivity index (χ4n) is 3.51. The van der Waals surface area contributed by atoms with Crippen molar-refractivity contribution in [3.05, 3.63) is 24.2 Å². The molecule has 0 aliphatic carbocycles. The molecule has 0 aromatic carbocycles. The first kappa shape index (κ1) is 16.4. The molecule has 5 heteroatoms. The van der Waals surface area contributed by atoms with E-state index >= 15 is 0 Å². The summed E-state index contributed by atoms with van der Waals surface area (Å²) in [4.78, 5) is 11.9. The summed E-state index contributed by atoms with van der Waals surface area (Å²) in [6.07, 6.45) is 5.42. The molecule has 0 N–H and O–H groups in total. The van der Waals surface area contributed by atoms with Crippen LogP contribution < -0.4 is 0 Å². The Morgan fingerprint density at radius 1 is 1.30 bits per heavy atom. The second-order valence-corrected chi connectivity index (χ2v) is 6.80. The standard InChI is InChI=1S/C18H28N4O/c1-14(2)21-9-6-15(7-10-21)13-17-20-16-5-4-8-19-18(16)22(17)11-12-23-3/h4-5,8,14-15H,6-7,9-13H2,1-3H3. The zero-order valence-electron chi connectivity index (χ0n) is 14.5. The Hall–Kier alpha value is -1.46. The van der Waals surface area contributed by atoms with Crippen LogP contribution in [-0.2, 0) is 17.7 Å². The van der Waals surface area contributed by atoms with Crippen LogP contribution in [0.5, 0.6) is 0 Å². The molecular weight excluding hydrogens is 288 g/mol. The molecule has 3 heterocycles. The van der Waals surface area contributed by atoms with Gasteiger partial charge >= 0.3 is 0 Å². The van der Waals surface area contributed by atoms with Gasteiger partial charge in [0.1, 0.15) is 11.3 Å². The predicted octanol–water partition coefficient (Wildman–Crippen LogP) is 2.74. The van der Waals surface area contributed by atoms with Gasteiger partial charge in [0.2, 0.25) is 0 Å². The molecule has 0 amide bonds. The molecule has 0 atom stereocenters. The molecule has 126 valence electrons. The maximum atomic E-state index is 5.27. The summed E-state index contributed by atoms with van der Waals surface area (Å²) in [5.74, 6) is 1.89. The van der Waals surface area contributed by atoms with Gasteiger partial charge in [-0.05, 0) is 57.8 Å². The quantitative estimate of drug-likeness (QED) is 0.822. The van der Waals surface area contributed by atoms with Gasteiger partial charge in [-0.25, -0.2) is 9.97 Å². The molecule has 0 unspecified atom stereocenters. The second kappa shape index (κ2) is 7.41. The average molecular weight is 316 g/mol. The highest BCUT2D eigenvalue weighted by atomic mass is 16.5. The van der Waals surface area contributed by atoms with Crippen molar-refractivity contribution < 1.29 is 4.74 Å². The number of rotatable bonds is 6. The van der Waals surface area contributed by atoms with E-state index in [0.717, 1.165) is 30.0 Å². The lowest BCUT2D eigenvalue weighted by Crippen LogP contribution is -2.39. The maximum Gasteiger partial charge on any atom is 0.160 e. The summed E-state index contributed by atoms with van der Waals surface area (Å²) in [6, 6.07) is 4.67. The van der Waals surface area contributed by atoms with E-state index in [9.17, 15) is 0 Å². The first-order chi connectivity index (χ1) is 11.2. The molecular formula is C18H28N4O. The van der Waals surface area contributed by atoms with Crippen molar-refractivity contribution >= 4 is 11.2 Å². The molecule has 0 saturated carbocycles. The number of pyridine rings is 1. The van der Waals surface area contributed by atoms with Gasteiger partial charge in [0, 0.05) is 32.3 Å². The second-order valence-electron chi connectivity index (χ2n) is 6.80. The van der Waals surface area contributed by atoms with Crippen molar-refractivity contribution in [2.24, 2.45) is 5.92 Å². The minimum absolute atomic E-state index is 0.659. The van der Waals surface area contributed by atoms with Gasteiger partial charge in [0.05, 0.1) is 6.61 Å². The van der Waals surface area contributed by atoms with Crippen LogP contribution in [0.3, 0.4) is 0 Å². The van der Waals surface area contributed by atoms with Gasteiger partial charge in [0.15, 0.2) is 5.65 Å². The van der Waals surface area contributed by atoms with E-state index in [4.69, 9.17) is 9.72 Å². The van der Waals surface area contributed by atoms with E-state index in [1.165, 1.54) is 31.8 Å². The van der Waals surface area contributed by atoms with Crippen LogP contribution in [0.15, 0.2) is 18.3 Å². The number of aromatic nitrogens is 3. The van der Waals surface area contributed by atoms with Crippen LogP contribution in [0, 0.1) is 5.92 Å². The SMILES string of the molecule is COCCn1c(CC2CCN(C(C)C)CC2)nc2cccnc21. The minimum Gasteiger partial charge on any atom is -0.383 e. The number of hydrogen-bond donors (Lipinski definition) is 0. The van der Waals surface area contributed by atoms with Crippen LogP contribution in [0.25, 0.3) is 11.2 Å². The number of imidazole rings is 1. The largest absolute Gasteiger partial charge is 0.383 e.